The first-order valence-corrected chi connectivity index (χ1v) is 6.70. The number of nitrogens with zero attached hydrogens (tertiary/aromatic N) is 3. The molecule has 2 aromatic rings. The second-order valence-electron chi connectivity index (χ2n) is 5.09. The summed E-state index contributed by atoms with van der Waals surface area (Å²) in [6.45, 7) is 0. The van der Waals surface area contributed by atoms with Crippen LogP contribution in [0.1, 0.15) is 17.2 Å². The molecule has 0 aliphatic rings. The molecule has 0 heterocycles. The molecule has 2 aromatic carbocycles. The third-order valence-electron chi connectivity index (χ3n) is 3.42. The zero-order valence-corrected chi connectivity index (χ0v) is 12.5. The molecule has 0 aliphatic heterocycles. The maximum absolute atomic E-state index is 11.5. The zero-order valence-electron chi connectivity index (χ0n) is 12.5. The van der Waals surface area contributed by atoms with Crippen molar-refractivity contribution in [3.63, 3.8) is 0 Å². The quantitative estimate of drug-likeness (QED) is 0.670. The van der Waals surface area contributed by atoms with Gasteiger partial charge in [-0.25, -0.2) is 0 Å². The lowest BCUT2D eigenvalue weighted by atomic mass is 9.97. The number of hydrogen-bond acceptors (Lipinski definition) is 6. The fraction of sp³-hybridized carbons (Fsp3) is 0.200. The summed E-state index contributed by atoms with van der Waals surface area (Å²) in [4.78, 5) is 22.8. The lowest BCUT2D eigenvalue weighted by Gasteiger charge is -2.17. The first-order chi connectivity index (χ1) is 10.8. The average Bonchev–Trinajstić information content (AvgIpc) is 2.53. The van der Waals surface area contributed by atoms with Gasteiger partial charge in [0.1, 0.15) is 17.4 Å². The Labute approximate surface area is 131 Å². The lowest BCUT2D eigenvalue weighted by molar-refractivity contribution is -0.395. The van der Waals surface area contributed by atoms with E-state index in [0.29, 0.717) is 5.56 Å². The van der Waals surface area contributed by atoms with E-state index in [0.717, 1.165) is 0 Å². The Hall–Kier alpha value is -3.00. The van der Waals surface area contributed by atoms with Crippen LogP contribution in [0.4, 0.5) is 17.1 Å². The van der Waals surface area contributed by atoms with Gasteiger partial charge in [0, 0.05) is 20.2 Å². The fourth-order valence-electron chi connectivity index (χ4n) is 2.37. The Morgan fingerprint density at radius 2 is 1.61 bits per heavy atom. The van der Waals surface area contributed by atoms with E-state index in [1.165, 1.54) is 17.0 Å². The van der Waals surface area contributed by atoms with Crippen LogP contribution in [-0.2, 0) is 0 Å². The molecule has 8 nitrogen and oxygen atoms in total. The summed E-state index contributed by atoms with van der Waals surface area (Å²) < 4.78 is 0. The third kappa shape index (κ3) is 3.11. The molecule has 1 N–H and O–H groups in total. The molecule has 120 valence electrons. The van der Waals surface area contributed by atoms with Crippen LogP contribution < -0.4 is 4.90 Å². The van der Waals surface area contributed by atoms with Crippen LogP contribution in [0.2, 0.25) is 0 Å². The van der Waals surface area contributed by atoms with Gasteiger partial charge in [-0.2, -0.15) is 0 Å². The summed E-state index contributed by atoms with van der Waals surface area (Å²) in [6, 6.07) is 10.6. The molecule has 8 heteroatoms. The SMILES string of the molecule is CN(C)c1ccc([N+](=O)[O-])c(C(O)c2ccccc2)c1[N+](=O)[O-]. The Balaban J connectivity index is 2.79. The number of hydrogen-bond donors (Lipinski definition) is 1. The van der Waals surface area contributed by atoms with E-state index in [-0.39, 0.29) is 11.3 Å². The van der Waals surface area contributed by atoms with Gasteiger partial charge in [-0.05, 0) is 11.6 Å². The van der Waals surface area contributed by atoms with Gasteiger partial charge in [0.15, 0.2) is 0 Å². The molecule has 1 atom stereocenters. The number of nitro benzene ring substituents is 2. The minimum Gasteiger partial charge on any atom is -0.383 e. The summed E-state index contributed by atoms with van der Waals surface area (Å²) in [7, 11) is 3.18. The van der Waals surface area contributed by atoms with Crippen LogP contribution >= 0.6 is 0 Å². The van der Waals surface area contributed by atoms with Crippen molar-refractivity contribution in [2.45, 2.75) is 6.10 Å². The van der Waals surface area contributed by atoms with Crippen molar-refractivity contribution in [3.05, 3.63) is 73.8 Å². The Bertz CT molecular complexity index is 746. The summed E-state index contributed by atoms with van der Waals surface area (Å²) in [5.74, 6) is 0. The smallest absolute Gasteiger partial charge is 0.305 e. The molecule has 0 aliphatic carbocycles. The van der Waals surface area contributed by atoms with Crippen molar-refractivity contribution in [2.75, 3.05) is 19.0 Å². The van der Waals surface area contributed by atoms with Gasteiger partial charge in [-0.1, -0.05) is 30.3 Å². The first kappa shape index (κ1) is 16.4. The molecular formula is C15H15N3O5. The van der Waals surface area contributed by atoms with E-state index in [2.05, 4.69) is 0 Å². The maximum Gasteiger partial charge on any atom is 0.305 e. The molecule has 1 unspecified atom stereocenters. The fourth-order valence-corrected chi connectivity index (χ4v) is 2.37. The van der Waals surface area contributed by atoms with Crippen molar-refractivity contribution in [2.24, 2.45) is 0 Å². The topological polar surface area (TPSA) is 110 Å². The third-order valence-corrected chi connectivity index (χ3v) is 3.42. The highest BCUT2D eigenvalue weighted by Gasteiger charge is 2.34. The van der Waals surface area contributed by atoms with Crippen molar-refractivity contribution < 1.29 is 15.0 Å². The molecule has 23 heavy (non-hydrogen) atoms. The highest BCUT2D eigenvalue weighted by atomic mass is 16.6. The highest BCUT2D eigenvalue weighted by Crippen LogP contribution is 2.42. The molecule has 0 saturated heterocycles. The van der Waals surface area contributed by atoms with Gasteiger partial charge in [0.2, 0.25) is 0 Å². The standard InChI is InChI=1S/C15H15N3O5/c1-16(2)12-9-8-11(17(20)21)13(14(12)18(22)23)15(19)10-6-4-3-5-7-10/h3-9,15,19H,1-2H3. The van der Waals surface area contributed by atoms with Gasteiger partial charge < -0.3 is 10.0 Å². The van der Waals surface area contributed by atoms with E-state index in [4.69, 9.17) is 0 Å². The number of nitro groups is 2. The van der Waals surface area contributed by atoms with Crippen molar-refractivity contribution in [1.29, 1.82) is 0 Å². The summed E-state index contributed by atoms with van der Waals surface area (Å²) in [6.07, 6.45) is -1.48. The monoisotopic (exact) mass is 317 g/mol. The van der Waals surface area contributed by atoms with Gasteiger partial charge in [0.25, 0.3) is 5.69 Å². The predicted octanol–water partition coefficient (Wildman–Crippen LogP) is 2.65. The molecule has 0 fully saturated rings. The van der Waals surface area contributed by atoms with Crippen molar-refractivity contribution >= 4 is 17.1 Å². The van der Waals surface area contributed by atoms with Crippen LogP contribution in [0.3, 0.4) is 0 Å². The van der Waals surface area contributed by atoms with E-state index in [9.17, 15) is 25.3 Å². The lowest BCUT2D eigenvalue weighted by Crippen LogP contribution is -2.15. The molecule has 2 rings (SSSR count). The Kier molecular flexibility index (Phi) is 4.56. The maximum atomic E-state index is 11.5. The minimum absolute atomic E-state index is 0.186. The van der Waals surface area contributed by atoms with E-state index < -0.39 is 27.3 Å². The number of aliphatic hydroxyl groups is 1. The number of benzene rings is 2. The molecule has 0 bridgehead atoms. The molecule has 0 saturated carbocycles. The van der Waals surface area contributed by atoms with Crippen LogP contribution in [0, 0.1) is 20.2 Å². The first-order valence-electron chi connectivity index (χ1n) is 6.70. The summed E-state index contributed by atoms with van der Waals surface area (Å²) in [5.41, 5.74) is -0.753. The van der Waals surface area contributed by atoms with Crippen LogP contribution in [0.5, 0.6) is 0 Å². The van der Waals surface area contributed by atoms with E-state index in [1.54, 1.807) is 44.4 Å². The normalized spacial score (nSPS) is 11.8. The van der Waals surface area contributed by atoms with Gasteiger partial charge >= 0.3 is 5.69 Å². The number of aliphatic hydroxyl groups excluding tert-OH is 1. The summed E-state index contributed by atoms with van der Waals surface area (Å²) >= 11 is 0. The van der Waals surface area contributed by atoms with Crippen molar-refractivity contribution in [3.8, 4) is 0 Å². The average molecular weight is 317 g/mol. The van der Waals surface area contributed by atoms with E-state index >= 15 is 0 Å². The number of anilines is 1. The van der Waals surface area contributed by atoms with Crippen LogP contribution in [-0.4, -0.2) is 29.0 Å². The largest absolute Gasteiger partial charge is 0.383 e. The van der Waals surface area contributed by atoms with Gasteiger partial charge in [-0.3, -0.25) is 20.2 Å². The highest BCUT2D eigenvalue weighted by molar-refractivity contribution is 5.73. The predicted molar refractivity (Wildman–Crippen MR) is 84.6 cm³/mol. The number of rotatable bonds is 5. The minimum atomic E-state index is -1.48. The second kappa shape index (κ2) is 6.41. The van der Waals surface area contributed by atoms with Gasteiger partial charge in [-0.15, -0.1) is 0 Å². The zero-order chi connectivity index (χ0) is 17.1. The Morgan fingerprint density at radius 3 is 2.09 bits per heavy atom. The van der Waals surface area contributed by atoms with Crippen molar-refractivity contribution in [1.82, 2.24) is 0 Å². The second-order valence-corrected chi connectivity index (χ2v) is 5.09. The Morgan fingerprint density at radius 1 is 1.00 bits per heavy atom. The van der Waals surface area contributed by atoms with E-state index in [1.807, 2.05) is 0 Å². The molecular weight excluding hydrogens is 302 g/mol. The molecule has 0 radical (unpaired) electrons. The molecule has 0 spiro atoms. The summed E-state index contributed by atoms with van der Waals surface area (Å²) in [5, 5.41) is 33.3. The van der Waals surface area contributed by atoms with Gasteiger partial charge in [0.05, 0.1) is 9.85 Å². The van der Waals surface area contributed by atoms with Crippen LogP contribution in [0.15, 0.2) is 42.5 Å². The molecule has 0 amide bonds. The molecule has 0 aromatic heterocycles. The van der Waals surface area contributed by atoms with Crippen LogP contribution in [0.25, 0.3) is 0 Å².